The van der Waals surface area contributed by atoms with Crippen molar-refractivity contribution in [2.45, 2.75) is 17.4 Å². The van der Waals surface area contributed by atoms with E-state index < -0.39 is 6.09 Å². The van der Waals surface area contributed by atoms with Crippen LogP contribution in [-0.4, -0.2) is 52.4 Å². The molecule has 22 heavy (non-hydrogen) atoms. The van der Waals surface area contributed by atoms with Gasteiger partial charge < -0.3 is 20.3 Å². The Hall–Kier alpha value is -2.15. The van der Waals surface area contributed by atoms with Crippen LogP contribution in [0, 0.1) is 0 Å². The summed E-state index contributed by atoms with van der Waals surface area (Å²) in [4.78, 5) is 29.2. The van der Waals surface area contributed by atoms with E-state index in [1.807, 2.05) is 30.7 Å². The van der Waals surface area contributed by atoms with Crippen molar-refractivity contribution in [1.29, 1.82) is 0 Å². The molecule has 2 amide bonds. The number of aromatic nitrogens is 1. The third-order valence-electron chi connectivity index (χ3n) is 3.91. The average molecular weight is 319 g/mol. The van der Waals surface area contributed by atoms with Gasteiger partial charge in [0.15, 0.2) is 0 Å². The maximum absolute atomic E-state index is 12.5. The summed E-state index contributed by atoms with van der Waals surface area (Å²) in [6.45, 7) is 0.993. The molecule has 1 aromatic heterocycles. The fourth-order valence-corrected chi connectivity index (χ4v) is 3.40. The largest absolute Gasteiger partial charge is 0.465 e. The molecule has 2 aromatic rings. The molecule has 3 rings (SSSR count). The van der Waals surface area contributed by atoms with Crippen molar-refractivity contribution >= 4 is 34.7 Å². The van der Waals surface area contributed by atoms with Crippen molar-refractivity contribution in [3.05, 3.63) is 30.0 Å². The first-order chi connectivity index (χ1) is 10.6. The Morgan fingerprint density at radius 1 is 1.45 bits per heavy atom. The predicted octanol–water partition coefficient (Wildman–Crippen LogP) is 2.37. The highest BCUT2D eigenvalue weighted by Gasteiger charge is 2.28. The van der Waals surface area contributed by atoms with E-state index in [-0.39, 0.29) is 11.9 Å². The van der Waals surface area contributed by atoms with Crippen molar-refractivity contribution in [3.63, 3.8) is 0 Å². The number of nitrogens with one attached hydrogen (secondary N) is 2. The Kier molecular flexibility index (Phi) is 3.98. The molecule has 1 aromatic carbocycles. The van der Waals surface area contributed by atoms with Crippen molar-refractivity contribution in [2.24, 2.45) is 0 Å². The molecule has 1 unspecified atom stereocenters. The van der Waals surface area contributed by atoms with E-state index in [4.69, 9.17) is 5.11 Å². The normalized spacial score (nSPS) is 17.9. The number of nitrogens with zero attached hydrogens (tertiary/aromatic N) is 1. The maximum atomic E-state index is 12.5. The number of carbonyl (C=O) groups excluding carboxylic acids is 1. The van der Waals surface area contributed by atoms with Gasteiger partial charge in [0, 0.05) is 40.6 Å². The number of amides is 2. The van der Waals surface area contributed by atoms with Gasteiger partial charge >= 0.3 is 6.09 Å². The zero-order valence-corrected chi connectivity index (χ0v) is 12.9. The number of benzene rings is 1. The summed E-state index contributed by atoms with van der Waals surface area (Å²) in [5.41, 5.74) is 1.56. The molecule has 1 fully saturated rings. The lowest BCUT2D eigenvalue weighted by Gasteiger charge is -2.16. The summed E-state index contributed by atoms with van der Waals surface area (Å²) in [7, 11) is 0. The third-order valence-corrected chi connectivity index (χ3v) is 4.69. The lowest BCUT2D eigenvalue weighted by atomic mass is 10.1. The van der Waals surface area contributed by atoms with Crippen molar-refractivity contribution < 1.29 is 14.7 Å². The zero-order valence-electron chi connectivity index (χ0n) is 12.1. The summed E-state index contributed by atoms with van der Waals surface area (Å²) >= 11 is 1.66. The minimum atomic E-state index is -1.04. The first-order valence-electron chi connectivity index (χ1n) is 7.02. The number of likely N-dealkylation sites (tertiary alicyclic amines) is 1. The van der Waals surface area contributed by atoms with E-state index in [9.17, 15) is 9.59 Å². The molecule has 0 spiro atoms. The topological polar surface area (TPSA) is 85.4 Å². The summed E-state index contributed by atoms with van der Waals surface area (Å²) < 4.78 is 0. The van der Waals surface area contributed by atoms with E-state index in [2.05, 4.69) is 10.3 Å². The number of hydrogen-bond acceptors (Lipinski definition) is 3. The summed E-state index contributed by atoms with van der Waals surface area (Å²) in [6.07, 6.45) is 3.56. The zero-order chi connectivity index (χ0) is 15.7. The molecule has 2 heterocycles. The van der Waals surface area contributed by atoms with Gasteiger partial charge in [0.2, 0.25) is 0 Å². The molecule has 1 saturated heterocycles. The molecule has 3 N–H and O–H groups in total. The van der Waals surface area contributed by atoms with Gasteiger partial charge in [0.05, 0.1) is 6.04 Å². The molecule has 0 saturated carbocycles. The van der Waals surface area contributed by atoms with Crippen molar-refractivity contribution in [2.75, 3.05) is 19.3 Å². The molecule has 1 atom stereocenters. The second kappa shape index (κ2) is 5.92. The fourth-order valence-electron chi connectivity index (χ4n) is 2.82. The molecule has 0 radical (unpaired) electrons. The predicted molar refractivity (Wildman–Crippen MR) is 85.5 cm³/mol. The van der Waals surface area contributed by atoms with Crippen LogP contribution in [0.5, 0.6) is 0 Å². The minimum absolute atomic E-state index is 0.0584. The molecule has 1 aliphatic heterocycles. The Morgan fingerprint density at radius 3 is 3.00 bits per heavy atom. The molecular weight excluding hydrogens is 302 g/mol. The number of H-pyrrole nitrogens is 1. The number of fused-ring (bicyclic) bond motifs is 1. The van der Waals surface area contributed by atoms with Crippen LogP contribution in [0.1, 0.15) is 16.8 Å². The summed E-state index contributed by atoms with van der Waals surface area (Å²) in [6, 6.07) is 5.46. The van der Waals surface area contributed by atoms with Crippen LogP contribution in [0.4, 0.5) is 4.79 Å². The molecule has 6 nitrogen and oxygen atoms in total. The van der Waals surface area contributed by atoms with E-state index in [0.29, 0.717) is 25.1 Å². The molecule has 0 aliphatic carbocycles. The third kappa shape index (κ3) is 2.76. The van der Waals surface area contributed by atoms with Crippen LogP contribution in [0.25, 0.3) is 10.9 Å². The summed E-state index contributed by atoms with van der Waals surface area (Å²) in [5, 5.41) is 12.3. The minimum Gasteiger partial charge on any atom is -0.465 e. The number of carbonyl (C=O) groups is 2. The second-order valence-electron chi connectivity index (χ2n) is 5.30. The fraction of sp³-hybridized carbons (Fsp3) is 0.333. The highest BCUT2D eigenvalue weighted by atomic mass is 32.2. The van der Waals surface area contributed by atoms with E-state index in [0.717, 1.165) is 15.8 Å². The first-order valence-corrected chi connectivity index (χ1v) is 8.25. The van der Waals surface area contributed by atoms with Crippen LogP contribution in [0.3, 0.4) is 0 Å². The van der Waals surface area contributed by atoms with Gasteiger partial charge in [-0.25, -0.2) is 4.79 Å². The van der Waals surface area contributed by atoms with Gasteiger partial charge in [-0.05, 0) is 24.8 Å². The average Bonchev–Trinajstić information content (AvgIpc) is 3.11. The standard InChI is InChI=1S/C15H17N3O3S/c1-22-13-7-16-12-6-9(2-3-11(12)13)14(19)18-5-4-10(8-18)17-15(20)21/h2-3,6-7,10,16-17H,4-5,8H2,1H3,(H,20,21). The lowest BCUT2D eigenvalue weighted by molar-refractivity contribution is 0.0788. The van der Waals surface area contributed by atoms with E-state index in [1.165, 1.54) is 0 Å². The molecule has 1 aliphatic rings. The number of carboxylic acid groups (broad SMARTS) is 1. The number of thioether (sulfide) groups is 1. The van der Waals surface area contributed by atoms with Crippen LogP contribution in [-0.2, 0) is 0 Å². The van der Waals surface area contributed by atoms with Crippen molar-refractivity contribution in [3.8, 4) is 0 Å². The number of aromatic amines is 1. The Balaban J connectivity index is 1.76. The molecule has 0 bridgehead atoms. The SMILES string of the molecule is CSc1c[nH]c2cc(C(=O)N3CCC(NC(=O)O)C3)ccc12. The highest BCUT2D eigenvalue weighted by molar-refractivity contribution is 7.98. The smallest absolute Gasteiger partial charge is 0.404 e. The Labute approximate surface area is 131 Å². The Morgan fingerprint density at radius 2 is 2.27 bits per heavy atom. The number of rotatable bonds is 3. The monoisotopic (exact) mass is 319 g/mol. The van der Waals surface area contributed by atoms with Gasteiger partial charge in [-0.2, -0.15) is 0 Å². The second-order valence-corrected chi connectivity index (χ2v) is 6.15. The van der Waals surface area contributed by atoms with Crippen LogP contribution < -0.4 is 5.32 Å². The van der Waals surface area contributed by atoms with Gasteiger partial charge in [-0.15, -0.1) is 11.8 Å². The van der Waals surface area contributed by atoms with Crippen LogP contribution in [0.15, 0.2) is 29.3 Å². The summed E-state index contributed by atoms with van der Waals surface area (Å²) in [5.74, 6) is -0.0584. The van der Waals surface area contributed by atoms with Crippen LogP contribution >= 0.6 is 11.8 Å². The molecule has 116 valence electrons. The van der Waals surface area contributed by atoms with E-state index >= 15 is 0 Å². The maximum Gasteiger partial charge on any atom is 0.404 e. The lowest BCUT2D eigenvalue weighted by Crippen LogP contribution is -2.37. The van der Waals surface area contributed by atoms with Gasteiger partial charge in [-0.3, -0.25) is 4.79 Å². The van der Waals surface area contributed by atoms with E-state index in [1.54, 1.807) is 16.7 Å². The molecular formula is C15H17N3O3S. The van der Waals surface area contributed by atoms with Gasteiger partial charge in [0.1, 0.15) is 0 Å². The quantitative estimate of drug-likeness (QED) is 0.758. The highest BCUT2D eigenvalue weighted by Crippen LogP contribution is 2.27. The molecule has 7 heteroatoms. The van der Waals surface area contributed by atoms with Gasteiger partial charge in [0.25, 0.3) is 5.91 Å². The van der Waals surface area contributed by atoms with Crippen LogP contribution in [0.2, 0.25) is 0 Å². The van der Waals surface area contributed by atoms with Crippen molar-refractivity contribution in [1.82, 2.24) is 15.2 Å². The first kappa shape index (κ1) is 14.8. The number of hydrogen-bond donors (Lipinski definition) is 3. The Bertz CT molecular complexity index is 728. The van der Waals surface area contributed by atoms with Gasteiger partial charge in [-0.1, -0.05) is 6.07 Å².